The van der Waals surface area contributed by atoms with E-state index in [0.29, 0.717) is 37.8 Å². The molecule has 2 amide bonds. The minimum atomic E-state index is -4.69. The van der Waals surface area contributed by atoms with Crippen molar-refractivity contribution in [3.63, 3.8) is 0 Å². The van der Waals surface area contributed by atoms with Crippen molar-refractivity contribution >= 4 is 64.0 Å². The van der Waals surface area contributed by atoms with E-state index in [1.165, 1.54) is 16.0 Å². The molecule has 1 unspecified atom stereocenters. The van der Waals surface area contributed by atoms with Crippen molar-refractivity contribution in [2.75, 3.05) is 53.4 Å². The summed E-state index contributed by atoms with van der Waals surface area (Å²) >= 11 is 12.6. The second-order valence-corrected chi connectivity index (χ2v) is 10.0. The molecule has 3 aromatic rings. The molecule has 2 N–H and O–H groups in total. The smallest absolute Gasteiger partial charge is 0.410 e. The fraction of sp³-hybridized carbons (Fsp3) is 0.280. The Balaban J connectivity index is 1.31. The number of rotatable bonds is 4. The average molecular weight is 596 g/mol. The third kappa shape index (κ3) is 5.26. The van der Waals surface area contributed by atoms with Crippen molar-refractivity contribution in [3.8, 4) is 0 Å². The van der Waals surface area contributed by atoms with E-state index in [-0.39, 0.29) is 37.2 Å². The van der Waals surface area contributed by atoms with Crippen molar-refractivity contribution in [2.24, 2.45) is 0 Å². The van der Waals surface area contributed by atoms with E-state index in [1.807, 2.05) is 0 Å². The summed E-state index contributed by atoms with van der Waals surface area (Å²) < 4.78 is 40.4. The van der Waals surface area contributed by atoms with Crippen LogP contribution in [-0.4, -0.2) is 77.5 Å². The number of alkyl halides is 3. The first-order valence-corrected chi connectivity index (χ1v) is 12.7. The molecule has 5 rings (SSSR count). The summed E-state index contributed by atoms with van der Waals surface area (Å²) in [5.74, 6) is 0.245. The van der Waals surface area contributed by atoms with Gasteiger partial charge in [0.2, 0.25) is 5.95 Å². The quantitative estimate of drug-likeness (QED) is 0.418. The topological polar surface area (TPSA) is 105 Å². The number of para-hydroxylation sites is 1. The lowest BCUT2D eigenvalue weighted by Crippen LogP contribution is -2.60. The zero-order valence-electron chi connectivity index (χ0n) is 20.9. The SMILES string of the molecule is CN1CN(c2c(Cl)cccc2Cl)C(=O)c2cnc(Nc3ccc(N4CCN(C(=O)O)C(C(F)(F)F)C4)cc3)nc21. The number of piperazine rings is 1. The fourth-order valence-corrected chi connectivity index (χ4v) is 5.30. The molecule has 1 aromatic heterocycles. The minimum Gasteiger partial charge on any atom is -0.465 e. The summed E-state index contributed by atoms with van der Waals surface area (Å²) in [5, 5.41) is 12.8. The molecule has 40 heavy (non-hydrogen) atoms. The van der Waals surface area contributed by atoms with Gasteiger partial charge in [-0.1, -0.05) is 29.3 Å². The molecule has 0 bridgehead atoms. The molecule has 0 radical (unpaired) electrons. The maximum Gasteiger partial charge on any atom is 0.410 e. The first-order chi connectivity index (χ1) is 18.9. The minimum absolute atomic E-state index is 0.121. The van der Waals surface area contributed by atoms with Gasteiger partial charge in [-0.2, -0.15) is 18.2 Å². The van der Waals surface area contributed by atoms with Gasteiger partial charge in [0.25, 0.3) is 5.91 Å². The molecule has 2 aliphatic rings. The van der Waals surface area contributed by atoms with Crippen molar-refractivity contribution < 1.29 is 27.9 Å². The van der Waals surface area contributed by atoms with E-state index in [2.05, 4.69) is 15.3 Å². The van der Waals surface area contributed by atoms with E-state index in [9.17, 15) is 22.8 Å². The molecule has 15 heteroatoms. The summed E-state index contributed by atoms with van der Waals surface area (Å²) in [7, 11) is 1.76. The second kappa shape index (κ2) is 10.5. The zero-order valence-corrected chi connectivity index (χ0v) is 22.4. The molecule has 1 saturated heterocycles. The molecular formula is C25H22Cl2F3N7O3. The number of carboxylic acid groups (broad SMARTS) is 1. The number of carbonyl (C=O) groups is 2. The van der Waals surface area contributed by atoms with Crippen LogP contribution in [-0.2, 0) is 0 Å². The first-order valence-electron chi connectivity index (χ1n) is 12.0. The van der Waals surface area contributed by atoms with E-state index >= 15 is 0 Å². The first kappa shape index (κ1) is 27.6. The van der Waals surface area contributed by atoms with Crippen molar-refractivity contribution in [2.45, 2.75) is 12.2 Å². The molecule has 0 saturated carbocycles. The fourth-order valence-electron chi connectivity index (χ4n) is 4.69. The van der Waals surface area contributed by atoms with Gasteiger partial charge in [0.05, 0.1) is 22.4 Å². The highest BCUT2D eigenvalue weighted by Gasteiger charge is 2.48. The van der Waals surface area contributed by atoms with E-state index in [0.717, 1.165) is 0 Å². The number of halogens is 5. The molecule has 2 aromatic carbocycles. The Morgan fingerprint density at radius 3 is 2.40 bits per heavy atom. The number of hydrogen-bond acceptors (Lipinski definition) is 7. The normalized spacial score (nSPS) is 17.6. The van der Waals surface area contributed by atoms with Gasteiger partial charge < -0.3 is 20.2 Å². The number of aromatic nitrogens is 2. The standard InChI is InChI=1S/C25H22Cl2F3N7O3/c1-34-13-37(20-17(26)3-2-4-18(20)27)22(38)16-11-31-23(33-21(16)34)32-14-5-7-15(8-6-14)35-9-10-36(24(39)40)19(12-35)25(28,29)30/h2-8,11,19H,9-10,12-13H2,1H3,(H,39,40)(H,31,32,33). The van der Waals surface area contributed by atoms with Gasteiger partial charge in [-0.15, -0.1) is 0 Å². The number of carbonyl (C=O) groups excluding carboxylic acids is 1. The van der Waals surface area contributed by atoms with Gasteiger partial charge in [0, 0.05) is 44.3 Å². The van der Waals surface area contributed by atoms with Crippen LogP contribution in [0, 0.1) is 0 Å². The van der Waals surface area contributed by atoms with Crippen LogP contribution in [0.1, 0.15) is 10.4 Å². The van der Waals surface area contributed by atoms with E-state index < -0.39 is 24.9 Å². The maximum absolute atomic E-state index is 13.5. The predicted octanol–water partition coefficient (Wildman–Crippen LogP) is 5.31. The Bertz CT molecular complexity index is 1440. The molecular weight excluding hydrogens is 574 g/mol. The lowest BCUT2D eigenvalue weighted by atomic mass is 10.1. The van der Waals surface area contributed by atoms with Crippen LogP contribution in [0.2, 0.25) is 10.0 Å². The van der Waals surface area contributed by atoms with Crippen molar-refractivity contribution in [3.05, 3.63) is 64.3 Å². The highest BCUT2D eigenvalue weighted by Crippen LogP contribution is 2.38. The summed E-state index contributed by atoms with van der Waals surface area (Å²) in [6.45, 7) is -0.507. The Hall–Kier alpha value is -3.97. The van der Waals surface area contributed by atoms with Crippen LogP contribution in [0.25, 0.3) is 0 Å². The number of fused-ring (bicyclic) bond motifs is 1. The summed E-state index contributed by atoms with van der Waals surface area (Å²) in [6, 6.07) is 9.42. The molecule has 3 heterocycles. The number of anilines is 5. The lowest BCUT2D eigenvalue weighted by Gasteiger charge is -2.41. The second-order valence-electron chi connectivity index (χ2n) is 9.22. The number of nitrogens with zero attached hydrogens (tertiary/aromatic N) is 6. The van der Waals surface area contributed by atoms with E-state index in [1.54, 1.807) is 54.4 Å². The van der Waals surface area contributed by atoms with Crippen LogP contribution in [0.15, 0.2) is 48.7 Å². The molecule has 10 nitrogen and oxygen atoms in total. The Morgan fingerprint density at radius 1 is 1.10 bits per heavy atom. The van der Waals surface area contributed by atoms with Crippen molar-refractivity contribution in [1.82, 2.24) is 14.9 Å². The molecule has 0 aliphatic carbocycles. The third-order valence-corrected chi connectivity index (χ3v) is 7.27. The van der Waals surface area contributed by atoms with Crippen LogP contribution >= 0.6 is 23.2 Å². The Morgan fingerprint density at radius 2 is 1.77 bits per heavy atom. The van der Waals surface area contributed by atoms with Crippen LogP contribution in [0.4, 0.5) is 46.8 Å². The molecule has 1 atom stereocenters. The maximum atomic E-state index is 13.5. The molecule has 0 spiro atoms. The van der Waals surface area contributed by atoms with Crippen LogP contribution < -0.4 is 20.0 Å². The van der Waals surface area contributed by atoms with Gasteiger partial charge in [0.1, 0.15) is 17.4 Å². The van der Waals surface area contributed by atoms with Gasteiger partial charge in [-0.25, -0.2) is 9.78 Å². The highest BCUT2D eigenvalue weighted by molar-refractivity contribution is 6.40. The number of hydrogen-bond donors (Lipinski definition) is 2. The summed E-state index contributed by atoms with van der Waals surface area (Å²) in [5.41, 5.74) is 1.72. The Labute approximate surface area is 236 Å². The molecule has 1 fully saturated rings. The number of amides is 2. The van der Waals surface area contributed by atoms with Gasteiger partial charge in [-0.05, 0) is 36.4 Å². The lowest BCUT2D eigenvalue weighted by molar-refractivity contribution is -0.178. The molecule has 2 aliphatic heterocycles. The number of nitrogens with one attached hydrogen (secondary N) is 1. The summed E-state index contributed by atoms with van der Waals surface area (Å²) in [4.78, 5) is 38.4. The van der Waals surface area contributed by atoms with Crippen LogP contribution in [0.5, 0.6) is 0 Å². The summed E-state index contributed by atoms with van der Waals surface area (Å²) in [6.07, 6.45) is -4.89. The Kier molecular flexibility index (Phi) is 7.27. The number of benzene rings is 2. The van der Waals surface area contributed by atoms with Crippen LogP contribution in [0.3, 0.4) is 0 Å². The predicted molar refractivity (Wildman–Crippen MR) is 145 cm³/mol. The largest absolute Gasteiger partial charge is 0.465 e. The molecule has 210 valence electrons. The third-order valence-electron chi connectivity index (χ3n) is 6.66. The van der Waals surface area contributed by atoms with Gasteiger partial charge >= 0.3 is 12.3 Å². The average Bonchev–Trinajstić information content (AvgIpc) is 2.91. The zero-order chi connectivity index (χ0) is 28.8. The van der Waals surface area contributed by atoms with Gasteiger partial charge in [-0.3, -0.25) is 14.6 Å². The van der Waals surface area contributed by atoms with E-state index in [4.69, 9.17) is 28.3 Å². The van der Waals surface area contributed by atoms with Crippen molar-refractivity contribution in [1.29, 1.82) is 0 Å². The highest BCUT2D eigenvalue weighted by atomic mass is 35.5. The monoisotopic (exact) mass is 595 g/mol. The van der Waals surface area contributed by atoms with Gasteiger partial charge in [0.15, 0.2) is 0 Å².